The van der Waals surface area contributed by atoms with Crippen LogP contribution in [0.15, 0.2) is 81.1 Å². The number of aromatic nitrogens is 2. The monoisotopic (exact) mass is 465 g/mol. The maximum atomic E-state index is 13.7. The average molecular weight is 466 g/mol. The largest absolute Gasteiger partial charge is 0.489 e. The van der Waals surface area contributed by atoms with E-state index >= 15 is 0 Å². The second kappa shape index (κ2) is 8.59. The van der Waals surface area contributed by atoms with Gasteiger partial charge >= 0.3 is 0 Å². The van der Waals surface area contributed by atoms with Crippen LogP contribution >= 0.6 is 15.9 Å². The van der Waals surface area contributed by atoms with Gasteiger partial charge in [-0.2, -0.15) is 9.78 Å². The fourth-order valence-corrected chi connectivity index (χ4v) is 3.31. The average Bonchev–Trinajstić information content (AvgIpc) is 2.74. The smallest absolute Gasteiger partial charge is 0.282 e. The first kappa shape index (κ1) is 20.0. The molecule has 0 amide bonds. The predicted octanol–water partition coefficient (Wildman–Crippen LogP) is 5.07. The normalized spacial score (nSPS) is 11.3. The summed E-state index contributed by atoms with van der Waals surface area (Å²) in [5.41, 5.74) is 1.67. The summed E-state index contributed by atoms with van der Waals surface area (Å²) >= 11 is 3.38. The summed E-state index contributed by atoms with van der Waals surface area (Å²) in [6.07, 6.45) is 1.58. The Kier molecular flexibility index (Phi) is 5.72. The summed E-state index contributed by atoms with van der Waals surface area (Å²) in [4.78, 5) is 17.2. The molecule has 4 rings (SSSR count). The molecule has 5 nitrogen and oxygen atoms in total. The van der Waals surface area contributed by atoms with Crippen LogP contribution in [-0.2, 0) is 6.61 Å². The zero-order valence-corrected chi connectivity index (χ0v) is 17.6. The molecule has 0 saturated carbocycles. The van der Waals surface area contributed by atoms with Gasteiger partial charge in [-0.25, -0.2) is 9.37 Å². The Bertz CT molecular complexity index is 1300. The SMILES string of the molecule is Cc1nc2ccc(Br)cc2c(=O)n1N=Cc1ccc(OCc2ccccc2F)cc1. The number of hydrogen-bond donors (Lipinski definition) is 0. The van der Waals surface area contributed by atoms with E-state index in [1.165, 1.54) is 10.7 Å². The van der Waals surface area contributed by atoms with Crippen LogP contribution in [-0.4, -0.2) is 15.9 Å². The lowest BCUT2D eigenvalue weighted by Gasteiger charge is -2.07. The molecule has 0 atom stereocenters. The molecule has 0 saturated heterocycles. The van der Waals surface area contributed by atoms with Gasteiger partial charge in [0.05, 0.1) is 17.1 Å². The molecule has 0 aliphatic carbocycles. The number of benzene rings is 3. The Hall–Kier alpha value is -3.32. The van der Waals surface area contributed by atoms with Crippen molar-refractivity contribution in [3.05, 3.63) is 104 Å². The minimum Gasteiger partial charge on any atom is -0.489 e. The molecule has 3 aromatic carbocycles. The van der Waals surface area contributed by atoms with Crippen LogP contribution in [0.3, 0.4) is 0 Å². The highest BCUT2D eigenvalue weighted by Gasteiger charge is 2.08. The Morgan fingerprint density at radius 3 is 2.67 bits per heavy atom. The summed E-state index contributed by atoms with van der Waals surface area (Å²) in [6.45, 7) is 1.88. The van der Waals surface area contributed by atoms with Crippen molar-refractivity contribution in [1.82, 2.24) is 9.66 Å². The number of ether oxygens (including phenoxy) is 1. The maximum absolute atomic E-state index is 13.7. The van der Waals surface area contributed by atoms with E-state index in [-0.39, 0.29) is 18.0 Å². The van der Waals surface area contributed by atoms with Crippen molar-refractivity contribution in [2.24, 2.45) is 5.10 Å². The van der Waals surface area contributed by atoms with Gasteiger partial charge in [0, 0.05) is 10.0 Å². The lowest BCUT2D eigenvalue weighted by Crippen LogP contribution is -2.20. The first-order chi connectivity index (χ1) is 14.5. The van der Waals surface area contributed by atoms with E-state index in [2.05, 4.69) is 26.0 Å². The van der Waals surface area contributed by atoms with Crippen molar-refractivity contribution >= 4 is 33.0 Å². The fourth-order valence-electron chi connectivity index (χ4n) is 2.95. The Balaban J connectivity index is 1.52. The van der Waals surface area contributed by atoms with Crippen molar-refractivity contribution in [2.45, 2.75) is 13.5 Å². The maximum Gasteiger partial charge on any atom is 0.282 e. The van der Waals surface area contributed by atoms with Gasteiger partial charge in [0.25, 0.3) is 5.56 Å². The van der Waals surface area contributed by atoms with Gasteiger partial charge in [-0.1, -0.05) is 34.1 Å². The molecule has 0 radical (unpaired) electrons. The molecule has 0 aliphatic heterocycles. The summed E-state index contributed by atoms with van der Waals surface area (Å²) in [6, 6.07) is 19.0. The third-order valence-electron chi connectivity index (χ3n) is 4.52. The third kappa shape index (κ3) is 4.31. The van der Waals surface area contributed by atoms with Gasteiger partial charge in [0.15, 0.2) is 0 Å². The third-order valence-corrected chi connectivity index (χ3v) is 5.02. The quantitative estimate of drug-likeness (QED) is 0.386. The van der Waals surface area contributed by atoms with Crippen LogP contribution in [0, 0.1) is 12.7 Å². The Morgan fingerprint density at radius 2 is 1.90 bits per heavy atom. The molecular formula is C23H17BrFN3O2. The molecule has 7 heteroatoms. The summed E-state index contributed by atoms with van der Waals surface area (Å²) in [7, 11) is 0. The first-order valence-corrected chi connectivity index (χ1v) is 10.00. The number of nitrogens with zero attached hydrogens (tertiary/aromatic N) is 3. The molecule has 0 fully saturated rings. The molecule has 1 heterocycles. The van der Waals surface area contributed by atoms with Crippen LogP contribution in [0.2, 0.25) is 0 Å². The lowest BCUT2D eigenvalue weighted by atomic mass is 10.2. The molecule has 4 aromatic rings. The van der Waals surface area contributed by atoms with Gasteiger partial charge < -0.3 is 4.74 Å². The van der Waals surface area contributed by atoms with Gasteiger partial charge in [0.1, 0.15) is 24.0 Å². The van der Waals surface area contributed by atoms with Crippen LogP contribution < -0.4 is 10.3 Å². The molecule has 0 bridgehead atoms. The van der Waals surface area contributed by atoms with E-state index in [1.54, 1.807) is 55.6 Å². The number of rotatable bonds is 5. The van der Waals surface area contributed by atoms with Crippen LogP contribution in [0.1, 0.15) is 17.0 Å². The second-order valence-corrected chi connectivity index (χ2v) is 7.55. The van der Waals surface area contributed by atoms with Gasteiger partial charge in [-0.05, 0) is 61.0 Å². The summed E-state index contributed by atoms with van der Waals surface area (Å²) < 4.78 is 21.4. The van der Waals surface area contributed by atoms with Crippen LogP contribution in [0.5, 0.6) is 5.75 Å². The van der Waals surface area contributed by atoms with E-state index in [0.29, 0.717) is 28.0 Å². The number of halogens is 2. The van der Waals surface area contributed by atoms with Crippen molar-refractivity contribution in [1.29, 1.82) is 0 Å². The molecule has 30 heavy (non-hydrogen) atoms. The first-order valence-electron chi connectivity index (χ1n) is 9.21. The van der Waals surface area contributed by atoms with Crippen molar-refractivity contribution < 1.29 is 9.13 Å². The van der Waals surface area contributed by atoms with Crippen LogP contribution in [0.4, 0.5) is 4.39 Å². The highest BCUT2D eigenvalue weighted by Crippen LogP contribution is 2.17. The van der Waals surface area contributed by atoms with Crippen molar-refractivity contribution in [3.8, 4) is 5.75 Å². The highest BCUT2D eigenvalue weighted by molar-refractivity contribution is 9.10. The van der Waals surface area contributed by atoms with E-state index < -0.39 is 0 Å². The molecule has 1 aromatic heterocycles. The van der Waals surface area contributed by atoms with E-state index in [9.17, 15) is 9.18 Å². The fraction of sp³-hybridized carbons (Fsp3) is 0.0870. The standard InChI is InChI=1S/C23H17BrFN3O2/c1-15-27-22-11-8-18(24)12-20(22)23(29)28(15)26-13-16-6-9-19(10-7-16)30-14-17-4-2-3-5-21(17)25/h2-13H,14H2,1H3. The molecule has 0 N–H and O–H groups in total. The lowest BCUT2D eigenvalue weighted by molar-refractivity contribution is 0.300. The molecule has 0 spiro atoms. The molecular weight excluding hydrogens is 449 g/mol. The zero-order chi connectivity index (χ0) is 21.1. The van der Waals surface area contributed by atoms with E-state index in [0.717, 1.165) is 10.0 Å². The summed E-state index contributed by atoms with van der Waals surface area (Å²) in [5.74, 6) is 0.815. The Labute approximate surface area is 180 Å². The zero-order valence-electron chi connectivity index (χ0n) is 16.0. The van der Waals surface area contributed by atoms with E-state index in [1.807, 2.05) is 18.2 Å². The number of aryl methyl sites for hydroxylation is 1. The predicted molar refractivity (Wildman–Crippen MR) is 119 cm³/mol. The minimum atomic E-state index is -0.293. The molecule has 0 aliphatic rings. The van der Waals surface area contributed by atoms with Gasteiger partial charge in [-0.15, -0.1) is 0 Å². The topological polar surface area (TPSA) is 56.5 Å². The number of fused-ring (bicyclic) bond motifs is 1. The van der Waals surface area contributed by atoms with Gasteiger partial charge in [-0.3, -0.25) is 4.79 Å². The Morgan fingerprint density at radius 1 is 1.13 bits per heavy atom. The van der Waals surface area contributed by atoms with Crippen molar-refractivity contribution in [2.75, 3.05) is 0 Å². The second-order valence-electron chi connectivity index (χ2n) is 6.63. The van der Waals surface area contributed by atoms with Gasteiger partial charge in [0.2, 0.25) is 0 Å². The van der Waals surface area contributed by atoms with Crippen molar-refractivity contribution in [3.63, 3.8) is 0 Å². The summed E-state index contributed by atoms with van der Waals surface area (Å²) in [5, 5.41) is 4.79. The number of hydrogen-bond acceptors (Lipinski definition) is 4. The van der Waals surface area contributed by atoms with Crippen LogP contribution in [0.25, 0.3) is 10.9 Å². The minimum absolute atomic E-state index is 0.146. The molecule has 0 unspecified atom stereocenters. The highest BCUT2D eigenvalue weighted by atomic mass is 79.9. The van der Waals surface area contributed by atoms with E-state index in [4.69, 9.17) is 4.74 Å². The molecule has 150 valence electrons.